The van der Waals surface area contributed by atoms with Gasteiger partial charge in [-0.1, -0.05) is 30.3 Å². The molecule has 0 saturated heterocycles. The van der Waals surface area contributed by atoms with E-state index in [0.717, 1.165) is 23.9 Å². The van der Waals surface area contributed by atoms with E-state index in [1.807, 2.05) is 36.4 Å². The highest BCUT2D eigenvalue weighted by Gasteiger charge is 2.06. The number of nitrogens with zero attached hydrogens (tertiary/aromatic N) is 1. The zero-order valence-corrected chi connectivity index (χ0v) is 12.6. The number of para-hydroxylation sites is 2. The summed E-state index contributed by atoms with van der Waals surface area (Å²) in [5.74, 6) is -0.853. The molecular formula is C19H14F2N2O. The topological polar surface area (TPSA) is 33.6 Å². The molecule has 0 amide bonds. The Morgan fingerprint density at radius 2 is 1.50 bits per heavy atom. The number of anilines is 1. The van der Waals surface area contributed by atoms with Crippen molar-refractivity contribution in [2.45, 2.75) is 0 Å². The molecule has 3 aromatic rings. The van der Waals surface area contributed by atoms with Crippen molar-refractivity contribution in [1.82, 2.24) is 0 Å². The summed E-state index contributed by atoms with van der Waals surface area (Å²) in [5.41, 5.74) is 4.41. The van der Waals surface area contributed by atoms with Gasteiger partial charge in [-0.3, -0.25) is 5.43 Å². The van der Waals surface area contributed by atoms with Crippen molar-refractivity contribution in [3.05, 3.63) is 90.0 Å². The fourth-order valence-electron chi connectivity index (χ4n) is 2.08. The maximum atomic E-state index is 13.3. The maximum absolute atomic E-state index is 13.3. The highest BCUT2D eigenvalue weighted by Crippen LogP contribution is 2.25. The SMILES string of the molecule is Fc1cc(F)cc(Oc2ccccc2C=NNc2ccccc2)c1. The van der Waals surface area contributed by atoms with E-state index in [0.29, 0.717) is 11.3 Å². The van der Waals surface area contributed by atoms with Crippen LogP contribution in [0.25, 0.3) is 0 Å². The summed E-state index contributed by atoms with van der Waals surface area (Å²) in [5, 5.41) is 4.15. The van der Waals surface area contributed by atoms with Gasteiger partial charge in [0.25, 0.3) is 0 Å². The van der Waals surface area contributed by atoms with Gasteiger partial charge in [-0.15, -0.1) is 0 Å². The molecule has 3 rings (SSSR count). The van der Waals surface area contributed by atoms with Crippen molar-refractivity contribution in [2.75, 3.05) is 5.43 Å². The van der Waals surface area contributed by atoms with E-state index in [9.17, 15) is 8.78 Å². The van der Waals surface area contributed by atoms with Crippen LogP contribution in [0, 0.1) is 11.6 Å². The van der Waals surface area contributed by atoms with Gasteiger partial charge in [0.15, 0.2) is 0 Å². The summed E-state index contributed by atoms with van der Waals surface area (Å²) < 4.78 is 32.1. The van der Waals surface area contributed by atoms with Gasteiger partial charge in [-0.25, -0.2) is 8.78 Å². The van der Waals surface area contributed by atoms with Gasteiger partial charge < -0.3 is 4.74 Å². The third-order valence-electron chi connectivity index (χ3n) is 3.15. The van der Waals surface area contributed by atoms with Gasteiger partial charge in [0, 0.05) is 23.8 Å². The molecule has 3 nitrogen and oxygen atoms in total. The van der Waals surface area contributed by atoms with Crippen LogP contribution in [0.2, 0.25) is 0 Å². The van der Waals surface area contributed by atoms with Crippen LogP contribution >= 0.6 is 0 Å². The number of hydrogen-bond donors (Lipinski definition) is 1. The van der Waals surface area contributed by atoms with Crippen LogP contribution < -0.4 is 10.2 Å². The van der Waals surface area contributed by atoms with E-state index in [1.165, 1.54) is 0 Å². The van der Waals surface area contributed by atoms with Gasteiger partial charge in [0.2, 0.25) is 0 Å². The molecule has 0 bridgehead atoms. The number of nitrogens with one attached hydrogen (secondary N) is 1. The largest absolute Gasteiger partial charge is 0.456 e. The van der Waals surface area contributed by atoms with E-state index >= 15 is 0 Å². The summed E-state index contributed by atoms with van der Waals surface area (Å²) >= 11 is 0. The van der Waals surface area contributed by atoms with Crippen molar-refractivity contribution in [2.24, 2.45) is 5.10 Å². The zero-order valence-electron chi connectivity index (χ0n) is 12.6. The van der Waals surface area contributed by atoms with E-state index in [1.54, 1.807) is 24.4 Å². The van der Waals surface area contributed by atoms with Crippen molar-refractivity contribution >= 4 is 11.9 Å². The molecule has 0 radical (unpaired) electrons. The molecule has 0 aliphatic carbocycles. The van der Waals surface area contributed by atoms with Gasteiger partial charge in [0.1, 0.15) is 23.1 Å². The first-order valence-electron chi connectivity index (χ1n) is 7.28. The molecule has 0 spiro atoms. The second-order valence-electron chi connectivity index (χ2n) is 4.98. The number of hydrazone groups is 1. The average molecular weight is 324 g/mol. The number of halogens is 2. The first kappa shape index (κ1) is 15.7. The third-order valence-corrected chi connectivity index (χ3v) is 3.15. The number of benzene rings is 3. The Labute approximate surface area is 138 Å². The monoisotopic (exact) mass is 324 g/mol. The van der Waals surface area contributed by atoms with Crippen LogP contribution in [0.4, 0.5) is 14.5 Å². The molecular weight excluding hydrogens is 310 g/mol. The van der Waals surface area contributed by atoms with Crippen LogP contribution in [0.5, 0.6) is 11.5 Å². The predicted molar refractivity (Wildman–Crippen MR) is 90.5 cm³/mol. The second-order valence-corrected chi connectivity index (χ2v) is 4.98. The van der Waals surface area contributed by atoms with Crippen LogP contribution in [0.3, 0.4) is 0 Å². The lowest BCUT2D eigenvalue weighted by Crippen LogP contribution is -1.94. The van der Waals surface area contributed by atoms with Gasteiger partial charge in [-0.05, 0) is 24.3 Å². The standard InChI is InChI=1S/C19H14F2N2O/c20-15-10-16(21)12-18(11-15)24-19-9-5-4-6-14(19)13-22-23-17-7-2-1-3-8-17/h1-13,23H. The lowest BCUT2D eigenvalue weighted by Gasteiger charge is -2.09. The fourth-order valence-corrected chi connectivity index (χ4v) is 2.08. The molecule has 0 aliphatic heterocycles. The molecule has 0 heterocycles. The number of hydrogen-bond acceptors (Lipinski definition) is 3. The molecule has 0 unspecified atom stereocenters. The molecule has 0 aliphatic rings. The predicted octanol–water partition coefficient (Wildman–Crippen LogP) is 5.20. The summed E-state index contributed by atoms with van der Waals surface area (Å²) in [6.45, 7) is 0. The Morgan fingerprint density at radius 1 is 0.833 bits per heavy atom. The van der Waals surface area contributed by atoms with E-state index < -0.39 is 11.6 Å². The van der Waals surface area contributed by atoms with Crippen molar-refractivity contribution < 1.29 is 13.5 Å². The molecule has 120 valence electrons. The molecule has 0 saturated carbocycles. The Kier molecular flexibility index (Phi) is 4.81. The van der Waals surface area contributed by atoms with E-state index in [2.05, 4.69) is 10.5 Å². The minimum atomic E-state index is -0.693. The molecule has 0 atom stereocenters. The Hall–Kier alpha value is -3.21. The summed E-state index contributed by atoms with van der Waals surface area (Å²) in [7, 11) is 0. The van der Waals surface area contributed by atoms with E-state index in [-0.39, 0.29) is 5.75 Å². The average Bonchev–Trinajstić information content (AvgIpc) is 2.56. The summed E-state index contributed by atoms with van der Waals surface area (Å²) in [6.07, 6.45) is 1.58. The Morgan fingerprint density at radius 3 is 2.25 bits per heavy atom. The Bertz CT molecular complexity index is 831. The van der Waals surface area contributed by atoms with Crippen LogP contribution in [0.1, 0.15) is 5.56 Å². The molecule has 0 aromatic heterocycles. The van der Waals surface area contributed by atoms with E-state index in [4.69, 9.17) is 4.74 Å². The lowest BCUT2D eigenvalue weighted by atomic mass is 10.2. The van der Waals surface area contributed by atoms with Crippen LogP contribution in [0.15, 0.2) is 77.9 Å². The number of rotatable bonds is 5. The molecule has 1 N–H and O–H groups in total. The molecule has 5 heteroatoms. The summed E-state index contributed by atoms with van der Waals surface area (Å²) in [4.78, 5) is 0. The lowest BCUT2D eigenvalue weighted by molar-refractivity contribution is 0.467. The fraction of sp³-hybridized carbons (Fsp3) is 0. The number of ether oxygens (including phenoxy) is 1. The first-order chi connectivity index (χ1) is 11.7. The van der Waals surface area contributed by atoms with Crippen molar-refractivity contribution in [1.29, 1.82) is 0 Å². The third kappa shape index (κ3) is 4.16. The van der Waals surface area contributed by atoms with Crippen molar-refractivity contribution in [3.8, 4) is 11.5 Å². The normalized spacial score (nSPS) is 10.8. The van der Waals surface area contributed by atoms with Gasteiger partial charge in [-0.2, -0.15) is 5.10 Å². The Balaban J connectivity index is 1.77. The van der Waals surface area contributed by atoms with Gasteiger partial charge >= 0.3 is 0 Å². The minimum Gasteiger partial charge on any atom is -0.456 e. The quantitative estimate of drug-likeness (QED) is 0.517. The highest BCUT2D eigenvalue weighted by molar-refractivity contribution is 5.84. The highest BCUT2D eigenvalue weighted by atomic mass is 19.1. The second kappa shape index (κ2) is 7.37. The smallest absolute Gasteiger partial charge is 0.136 e. The first-order valence-corrected chi connectivity index (χ1v) is 7.28. The zero-order chi connectivity index (χ0) is 16.8. The van der Waals surface area contributed by atoms with Crippen LogP contribution in [-0.4, -0.2) is 6.21 Å². The maximum Gasteiger partial charge on any atom is 0.136 e. The molecule has 0 fully saturated rings. The summed E-state index contributed by atoms with van der Waals surface area (Å²) in [6, 6.07) is 19.6. The van der Waals surface area contributed by atoms with Crippen LogP contribution in [-0.2, 0) is 0 Å². The molecule has 3 aromatic carbocycles. The van der Waals surface area contributed by atoms with Crippen molar-refractivity contribution in [3.63, 3.8) is 0 Å². The minimum absolute atomic E-state index is 0.0874. The molecule has 24 heavy (non-hydrogen) atoms. The van der Waals surface area contributed by atoms with Gasteiger partial charge in [0.05, 0.1) is 11.9 Å².